The molecule has 0 unspecified atom stereocenters. The van der Waals surface area contributed by atoms with E-state index in [0.29, 0.717) is 22.4 Å². The fourth-order valence-corrected chi connectivity index (χ4v) is 1.51. The van der Waals surface area contributed by atoms with Crippen LogP contribution in [0.4, 0.5) is 5.82 Å². The highest BCUT2D eigenvalue weighted by Crippen LogP contribution is 2.23. The van der Waals surface area contributed by atoms with Crippen LogP contribution in [0.2, 0.25) is 5.02 Å². The van der Waals surface area contributed by atoms with Gasteiger partial charge in [0.1, 0.15) is 11.5 Å². The lowest BCUT2D eigenvalue weighted by Gasteiger charge is -2.02. The maximum atomic E-state index is 5.97. The highest BCUT2D eigenvalue weighted by atomic mass is 127. The van der Waals surface area contributed by atoms with Crippen LogP contribution in [0.3, 0.4) is 0 Å². The Morgan fingerprint density at radius 1 is 1.33 bits per heavy atom. The monoisotopic (exact) mass is 332 g/mol. The molecular formula is C9H6ClIN4. The second kappa shape index (κ2) is 4.28. The summed E-state index contributed by atoms with van der Waals surface area (Å²) in [4.78, 5) is 12.3. The average Bonchev–Trinajstić information content (AvgIpc) is 2.23. The van der Waals surface area contributed by atoms with Gasteiger partial charge in [0.25, 0.3) is 0 Å². The van der Waals surface area contributed by atoms with Crippen LogP contribution in [0.1, 0.15) is 0 Å². The number of nitrogens with zero attached hydrogens (tertiary/aromatic N) is 3. The number of hydrogen-bond donors (Lipinski definition) is 1. The Labute approximate surface area is 105 Å². The van der Waals surface area contributed by atoms with E-state index in [4.69, 9.17) is 17.3 Å². The summed E-state index contributed by atoms with van der Waals surface area (Å²) in [7, 11) is 0. The predicted octanol–water partition coefficient (Wildman–Crippen LogP) is 2.38. The Morgan fingerprint density at radius 3 is 2.80 bits per heavy atom. The van der Waals surface area contributed by atoms with Gasteiger partial charge in [0, 0.05) is 12.4 Å². The van der Waals surface area contributed by atoms with Crippen molar-refractivity contribution in [3.8, 4) is 11.5 Å². The van der Waals surface area contributed by atoms with E-state index in [0.717, 1.165) is 3.57 Å². The van der Waals surface area contributed by atoms with Gasteiger partial charge in [-0.1, -0.05) is 11.6 Å². The maximum Gasteiger partial charge on any atom is 0.181 e. The molecular weight excluding hydrogens is 326 g/mol. The smallest absolute Gasteiger partial charge is 0.181 e. The van der Waals surface area contributed by atoms with E-state index >= 15 is 0 Å². The van der Waals surface area contributed by atoms with E-state index in [1.54, 1.807) is 24.5 Å². The second-order valence-electron chi connectivity index (χ2n) is 2.76. The summed E-state index contributed by atoms with van der Waals surface area (Å²) >= 11 is 8.03. The lowest BCUT2D eigenvalue weighted by molar-refractivity contribution is 1.13. The lowest BCUT2D eigenvalue weighted by Crippen LogP contribution is -1.99. The topological polar surface area (TPSA) is 64.7 Å². The largest absolute Gasteiger partial charge is 0.383 e. The molecule has 0 saturated carbocycles. The maximum absolute atomic E-state index is 5.97. The van der Waals surface area contributed by atoms with Crippen LogP contribution < -0.4 is 5.73 Å². The summed E-state index contributed by atoms with van der Waals surface area (Å²) in [6.45, 7) is 0. The number of hydrogen-bond acceptors (Lipinski definition) is 4. The highest BCUT2D eigenvalue weighted by molar-refractivity contribution is 14.1. The minimum Gasteiger partial charge on any atom is -0.383 e. The Balaban J connectivity index is 2.55. The first-order valence-corrected chi connectivity index (χ1v) is 5.53. The summed E-state index contributed by atoms with van der Waals surface area (Å²) < 4.78 is 0.809. The van der Waals surface area contributed by atoms with Gasteiger partial charge < -0.3 is 5.73 Å². The molecule has 0 radical (unpaired) electrons. The van der Waals surface area contributed by atoms with E-state index < -0.39 is 0 Å². The zero-order valence-electron chi connectivity index (χ0n) is 7.48. The number of halogens is 2. The van der Waals surface area contributed by atoms with Crippen molar-refractivity contribution in [1.29, 1.82) is 0 Å². The second-order valence-corrected chi connectivity index (χ2v) is 4.33. The van der Waals surface area contributed by atoms with Gasteiger partial charge in [0.05, 0.1) is 8.59 Å². The molecule has 76 valence electrons. The molecule has 2 aromatic rings. The quantitative estimate of drug-likeness (QED) is 0.814. The fraction of sp³-hybridized carbons (Fsp3) is 0. The minimum absolute atomic E-state index is 0.433. The first-order valence-electron chi connectivity index (χ1n) is 4.07. The van der Waals surface area contributed by atoms with E-state index in [1.165, 1.54) is 0 Å². The predicted molar refractivity (Wildman–Crippen MR) is 67.4 cm³/mol. The summed E-state index contributed by atoms with van der Waals surface area (Å²) in [6.07, 6.45) is 3.28. The van der Waals surface area contributed by atoms with E-state index in [1.807, 2.05) is 0 Å². The molecule has 0 aromatic carbocycles. The molecule has 2 aromatic heterocycles. The number of rotatable bonds is 1. The molecule has 0 bridgehead atoms. The number of nitrogens with two attached hydrogens (primary N) is 1. The third kappa shape index (κ3) is 2.18. The Hall–Kier alpha value is -0.950. The molecule has 2 rings (SSSR count). The molecule has 0 aliphatic carbocycles. The van der Waals surface area contributed by atoms with Crippen molar-refractivity contribution in [3.63, 3.8) is 0 Å². The van der Waals surface area contributed by atoms with E-state index in [2.05, 4.69) is 37.5 Å². The van der Waals surface area contributed by atoms with Crippen LogP contribution in [0.5, 0.6) is 0 Å². The number of pyridine rings is 1. The SMILES string of the molecule is Nc1nc(-c2ncccc2Cl)ncc1I. The minimum atomic E-state index is 0.433. The molecule has 0 atom stereocenters. The van der Waals surface area contributed by atoms with Gasteiger partial charge in [-0.05, 0) is 34.7 Å². The van der Waals surface area contributed by atoms with Crippen LogP contribution in [-0.2, 0) is 0 Å². The van der Waals surface area contributed by atoms with Crippen LogP contribution in [-0.4, -0.2) is 15.0 Å². The van der Waals surface area contributed by atoms with Gasteiger partial charge in [-0.25, -0.2) is 9.97 Å². The molecule has 0 saturated heterocycles. The van der Waals surface area contributed by atoms with E-state index in [-0.39, 0.29) is 0 Å². The molecule has 6 heteroatoms. The molecule has 0 aliphatic heterocycles. The van der Waals surface area contributed by atoms with Gasteiger partial charge in [-0.3, -0.25) is 4.98 Å². The Kier molecular flexibility index (Phi) is 3.01. The summed E-state index contributed by atoms with van der Waals surface area (Å²) in [5.74, 6) is 0.876. The number of aromatic nitrogens is 3. The molecule has 2 heterocycles. The summed E-state index contributed by atoms with van der Waals surface area (Å²) in [5, 5.41) is 0.512. The molecule has 0 fully saturated rings. The van der Waals surface area contributed by atoms with Gasteiger partial charge in [-0.15, -0.1) is 0 Å². The van der Waals surface area contributed by atoms with Crippen molar-refractivity contribution < 1.29 is 0 Å². The summed E-state index contributed by atoms with van der Waals surface area (Å²) in [5.41, 5.74) is 6.22. The Morgan fingerprint density at radius 2 is 2.13 bits per heavy atom. The van der Waals surface area contributed by atoms with Crippen LogP contribution in [0, 0.1) is 3.57 Å². The fourth-order valence-electron chi connectivity index (χ4n) is 1.04. The van der Waals surface area contributed by atoms with Crippen molar-refractivity contribution in [2.45, 2.75) is 0 Å². The lowest BCUT2D eigenvalue weighted by atomic mass is 10.3. The average molecular weight is 333 g/mol. The molecule has 4 nitrogen and oxygen atoms in total. The molecule has 0 amide bonds. The normalized spacial score (nSPS) is 10.3. The number of nitrogen functional groups attached to an aromatic ring is 1. The zero-order chi connectivity index (χ0) is 10.8. The van der Waals surface area contributed by atoms with Crippen molar-refractivity contribution in [2.75, 3.05) is 5.73 Å². The highest BCUT2D eigenvalue weighted by Gasteiger charge is 2.08. The van der Waals surface area contributed by atoms with Gasteiger partial charge >= 0.3 is 0 Å². The van der Waals surface area contributed by atoms with Gasteiger partial charge in [-0.2, -0.15) is 0 Å². The molecule has 15 heavy (non-hydrogen) atoms. The van der Waals surface area contributed by atoms with E-state index in [9.17, 15) is 0 Å². The third-order valence-corrected chi connectivity index (χ3v) is 2.88. The molecule has 2 N–H and O–H groups in total. The van der Waals surface area contributed by atoms with Crippen molar-refractivity contribution in [1.82, 2.24) is 15.0 Å². The first-order chi connectivity index (χ1) is 7.18. The Bertz CT molecular complexity index is 503. The number of anilines is 1. The van der Waals surface area contributed by atoms with Crippen molar-refractivity contribution in [3.05, 3.63) is 33.1 Å². The van der Waals surface area contributed by atoms with Gasteiger partial charge in [0.15, 0.2) is 5.82 Å². The summed E-state index contributed by atoms with van der Waals surface area (Å²) in [6, 6.07) is 3.49. The molecule has 0 spiro atoms. The first kappa shape index (κ1) is 10.6. The van der Waals surface area contributed by atoms with Crippen LogP contribution >= 0.6 is 34.2 Å². The third-order valence-electron chi connectivity index (χ3n) is 1.74. The van der Waals surface area contributed by atoms with Crippen LogP contribution in [0.15, 0.2) is 24.5 Å². The van der Waals surface area contributed by atoms with Gasteiger partial charge in [0.2, 0.25) is 0 Å². The standard InChI is InChI=1S/C9H6ClIN4/c10-5-2-1-3-13-7(5)9-14-4-6(11)8(12)15-9/h1-4H,(H2,12,14,15). The molecule has 0 aliphatic rings. The van der Waals surface area contributed by atoms with Crippen molar-refractivity contribution >= 4 is 40.0 Å². The zero-order valence-corrected chi connectivity index (χ0v) is 10.4. The van der Waals surface area contributed by atoms with Crippen LogP contribution in [0.25, 0.3) is 11.5 Å². The van der Waals surface area contributed by atoms with Crippen molar-refractivity contribution in [2.24, 2.45) is 0 Å².